The highest BCUT2D eigenvalue weighted by Gasteiger charge is 2.08. The zero-order valence-electron chi connectivity index (χ0n) is 12.0. The van der Waals surface area contributed by atoms with Crippen molar-refractivity contribution in [2.45, 2.75) is 39.3 Å². The van der Waals surface area contributed by atoms with E-state index in [0.29, 0.717) is 19.5 Å². The van der Waals surface area contributed by atoms with E-state index in [4.69, 9.17) is 0 Å². The first-order chi connectivity index (χ1) is 9.01. The number of aryl methyl sites for hydroxylation is 1. The largest absolute Gasteiger partial charge is 0.393 e. The summed E-state index contributed by atoms with van der Waals surface area (Å²) >= 11 is 1.75. The van der Waals surface area contributed by atoms with Crippen LogP contribution in [-0.2, 0) is 17.8 Å². The lowest BCUT2D eigenvalue weighted by Crippen LogP contribution is -2.35. The number of hydrogen-bond acceptors (Lipinski definition) is 4. The number of rotatable bonds is 8. The average molecular weight is 284 g/mol. The summed E-state index contributed by atoms with van der Waals surface area (Å²) in [6.45, 7) is 5.60. The average Bonchev–Trinajstić information content (AvgIpc) is 2.82. The number of amides is 1. The van der Waals surface area contributed by atoms with Crippen LogP contribution in [0.4, 0.5) is 0 Å². The first-order valence-corrected chi connectivity index (χ1v) is 7.53. The second kappa shape index (κ2) is 8.30. The van der Waals surface area contributed by atoms with Crippen LogP contribution in [0.1, 0.15) is 30.0 Å². The molecule has 4 nitrogen and oxygen atoms in total. The van der Waals surface area contributed by atoms with Gasteiger partial charge in [0.05, 0.1) is 19.2 Å². The summed E-state index contributed by atoms with van der Waals surface area (Å²) in [4.78, 5) is 16.2. The minimum Gasteiger partial charge on any atom is -0.393 e. The van der Waals surface area contributed by atoms with Crippen molar-refractivity contribution >= 4 is 17.2 Å². The van der Waals surface area contributed by atoms with Gasteiger partial charge in [-0.2, -0.15) is 0 Å². The molecule has 1 unspecified atom stereocenters. The van der Waals surface area contributed by atoms with E-state index < -0.39 is 0 Å². The molecule has 0 aliphatic rings. The Kier molecular flexibility index (Phi) is 7.05. The van der Waals surface area contributed by atoms with Gasteiger partial charge in [0, 0.05) is 16.3 Å². The van der Waals surface area contributed by atoms with E-state index >= 15 is 0 Å². The van der Waals surface area contributed by atoms with Crippen LogP contribution in [0.15, 0.2) is 12.1 Å². The van der Waals surface area contributed by atoms with Gasteiger partial charge in [0.1, 0.15) is 0 Å². The summed E-state index contributed by atoms with van der Waals surface area (Å²) in [5.74, 6) is 0.0274. The van der Waals surface area contributed by atoms with Crippen LogP contribution in [0.3, 0.4) is 0 Å². The Morgan fingerprint density at radius 3 is 2.74 bits per heavy atom. The maximum Gasteiger partial charge on any atom is 0.234 e. The predicted molar refractivity (Wildman–Crippen MR) is 79.3 cm³/mol. The molecular weight excluding hydrogens is 260 g/mol. The third-order valence-corrected chi connectivity index (χ3v) is 4.10. The highest BCUT2D eigenvalue weighted by Crippen LogP contribution is 2.16. The molecule has 0 aliphatic heterocycles. The van der Waals surface area contributed by atoms with Crippen molar-refractivity contribution in [3.8, 4) is 0 Å². The van der Waals surface area contributed by atoms with Crippen molar-refractivity contribution in [2.24, 2.45) is 0 Å². The minimum absolute atomic E-state index is 0.0274. The van der Waals surface area contributed by atoms with Crippen molar-refractivity contribution < 1.29 is 9.90 Å². The maximum atomic E-state index is 11.7. The smallest absolute Gasteiger partial charge is 0.234 e. The molecule has 1 amide bonds. The molecule has 0 bridgehead atoms. The molecule has 1 rings (SSSR count). The third kappa shape index (κ3) is 6.71. The molecular formula is C14H24N2O2S. The van der Waals surface area contributed by atoms with Gasteiger partial charge < -0.3 is 10.4 Å². The van der Waals surface area contributed by atoms with Crippen LogP contribution in [0.2, 0.25) is 0 Å². The van der Waals surface area contributed by atoms with Gasteiger partial charge in [-0.1, -0.05) is 6.92 Å². The van der Waals surface area contributed by atoms with Gasteiger partial charge >= 0.3 is 0 Å². The van der Waals surface area contributed by atoms with Crippen molar-refractivity contribution in [3.05, 3.63) is 21.9 Å². The zero-order chi connectivity index (χ0) is 14.3. The van der Waals surface area contributed by atoms with E-state index in [9.17, 15) is 9.90 Å². The third-order valence-electron chi connectivity index (χ3n) is 2.87. The number of likely N-dealkylation sites (N-methyl/N-ethyl adjacent to an activating group) is 1. The van der Waals surface area contributed by atoms with Gasteiger partial charge in [-0.05, 0) is 38.9 Å². The minimum atomic E-state index is -0.316. The zero-order valence-corrected chi connectivity index (χ0v) is 12.8. The Morgan fingerprint density at radius 1 is 1.47 bits per heavy atom. The molecule has 5 heteroatoms. The molecule has 108 valence electrons. The van der Waals surface area contributed by atoms with E-state index in [-0.39, 0.29) is 12.0 Å². The number of hydrogen-bond donors (Lipinski definition) is 2. The normalized spacial score (nSPS) is 12.7. The van der Waals surface area contributed by atoms with E-state index in [1.165, 1.54) is 9.75 Å². The number of nitrogens with zero attached hydrogens (tertiary/aromatic N) is 1. The number of thiophene rings is 1. The van der Waals surface area contributed by atoms with Gasteiger partial charge in [0.15, 0.2) is 0 Å². The molecule has 0 fully saturated rings. The SMILES string of the molecule is CCc1ccc(CNC(=O)CN(C)CCC(C)O)s1. The Bertz CT molecular complexity index is 391. The fraction of sp³-hybridized carbons (Fsp3) is 0.643. The summed E-state index contributed by atoms with van der Waals surface area (Å²) in [7, 11) is 1.89. The van der Waals surface area contributed by atoms with Gasteiger partial charge in [-0.25, -0.2) is 0 Å². The summed E-state index contributed by atoms with van der Waals surface area (Å²) in [5.41, 5.74) is 0. The van der Waals surface area contributed by atoms with Gasteiger partial charge in [0.2, 0.25) is 5.91 Å². The maximum absolute atomic E-state index is 11.7. The van der Waals surface area contributed by atoms with Gasteiger partial charge in [-0.15, -0.1) is 11.3 Å². The van der Waals surface area contributed by atoms with Gasteiger partial charge in [0.25, 0.3) is 0 Å². The lowest BCUT2D eigenvalue weighted by molar-refractivity contribution is -0.122. The van der Waals surface area contributed by atoms with Crippen LogP contribution in [0.5, 0.6) is 0 Å². The summed E-state index contributed by atoms with van der Waals surface area (Å²) < 4.78 is 0. The lowest BCUT2D eigenvalue weighted by atomic mass is 10.3. The summed E-state index contributed by atoms with van der Waals surface area (Å²) in [6.07, 6.45) is 1.42. The molecule has 2 N–H and O–H groups in total. The Labute approximate surface area is 119 Å². The first kappa shape index (κ1) is 16.1. The van der Waals surface area contributed by atoms with Crippen molar-refractivity contribution in [1.29, 1.82) is 0 Å². The molecule has 0 radical (unpaired) electrons. The number of carbonyl (C=O) groups is 1. The summed E-state index contributed by atoms with van der Waals surface area (Å²) in [6, 6.07) is 4.18. The fourth-order valence-electron chi connectivity index (χ4n) is 1.68. The molecule has 1 heterocycles. The monoisotopic (exact) mass is 284 g/mol. The number of aliphatic hydroxyl groups excluding tert-OH is 1. The first-order valence-electron chi connectivity index (χ1n) is 6.72. The lowest BCUT2D eigenvalue weighted by Gasteiger charge is -2.16. The van der Waals surface area contributed by atoms with Crippen LogP contribution >= 0.6 is 11.3 Å². The molecule has 1 aromatic rings. The van der Waals surface area contributed by atoms with Crippen LogP contribution in [0.25, 0.3) is 0 Å². The second-order valence-corrected chi connectivity index (χ2v) is 6.13. The quantitative estimate of drug-likeness (QED) is 0.763. The Hall–Kier alpha value is -0.910. The molecule has 0 saturated carbocycles. The van der Waals surface area contributed by atoms with Crippen molar-refractivity contribution in [2.75, 3.05) is 20.1 Å². The number of carbonyl (C=O) groups excluding carboxylic acids is 1. The Morgan fingerprint density at radius 2 is 2.16 bits per heavy atom. The topological polar surface area (TPSA) is 52.6 Å². The second-order valence-electron chi connectivity index (χ2n) is 4.87. The molecule has 0 saturated heterocycles. The number of aliphatic hydroxyl groups is 1. The van der Waals surface area contributed by atoms with Crippen molar-refractivity contribution in [1.82, 2.24) is 10.2 Å². The standard InChI is InChI=1S/C14H24N2O2S/c1-4-12-5-6-13(19-12)9-15-14(18)10-16(3)8-7-11(2)17/h5-6,11,17H,4,7-10H2,1-3H3,(H,15,18). The van der Waals surface area contributed by atoms with E-state index in [0.717, 1.165) is 13.0 Å². The van der Waals surface area contributed by atoms with Gasteiger partial charge in [-0.3, -0.25) is 9.69 Å². The molecule has 1 aromatic heterocycles. The number of nitrogens with one attached hydrogen (secondary N) is 1. The predicted octanol–water partition coefficient (Wildman–Crippen LogP) is 1.63. The molecule has 1 atom stereocenters. The van der Waals surface area contributed by atoms with Crippen LogP contribution < -0.4 is 5.32 Å². The highest BCUT2D eigenvalue weighted by molar-refractivity contribution is 7.11. The van der Waals surface area contributed by atoms with Crippen molar-refractivity contribution in [3.63, 3.8) is 0 Å². The molecule has 0 spiro atoms. The molecule has 0 aliphatic carbocycles. The fourth-order valence-corrected chi connectivity index (χ4v) is 2.58. The van der Waals surface area contributed by atoms with E-state index in [1.807, 2.05) is 11.9 Å². The van der Waals surface area contributed by atoms with E-state index in [2.05, 4.69) is 24.4 Å². The molecule has 0 aromatic carbocycles. The Balaban J connectivity index is 2.23. The van der Waals surface area contributed by atoms with Crippen LogP contribution in [0, 0.1) is 0 Å². The van der Waals surface area contributed by atoms with E-state index in [1.54, 1.807) is 18.3 Å². The van der Waals surface area contributed by atoms with Crippen LogP contribution in [-0.4, -0.2) is 42.2 Å². The highest BCUT2D eigenvalue weighted by atomic mass is 32.1. The molecule has 19 heavy (non-hydrogen) atoms. The summed E-state index contributed by atoms with van der Waals surface area (Å²) in [5, 5.41) is 12.1.